The summed E-state index contributed by atoms with van der Waals surface area (Å²) in [4.78, 5) is 0. The van der Waals surface area contributed by atoms with Gasteiger partial charge in [-0.1, -0.05) is 29.3 Å². The number of nitriles is 1. The molecule has 0 atom stereocenters. The van der Waals surface area contributed by atoms with Crippen molar-refractivity contribution in [2.75, 3.05) is 5.73 Å². The maximum Gasteiger partial charge on any atom is 0.104 e. The lowest BCUT2D eigenvalue weighted by atomic mass is 10.1. The first-order valence-electron chi connectivity index (χ1n) is 4.36. The second kappa shape index (κ2) is 4.34. The molecule has 2 aromatic rings. The molecule has 16 heavy (non-hydrogen) atoms. The Morgan fingerprint density at radius 3 is 2.62 bits per heavy atom. The number of halogens is 2. The van der Waals surface area contributed by atoms with E-state index in [9.17, 15) is 0 Å². The fourth-order valence-electron chi connectivity index (χ4n) is 1.39. The first kappa shape index (κ1) is 11.3. The van der Waals surface area contributed by atoms with Gasteiger partial charge in [0.25, 0.3) is 0 Å². The zero-order valence-corrected chi connectivity index (χ0v) is 10.3. The molecule has 0 aliphatic heterocycles. The van der Waals surface area contributed by atoms with Gasteiger partial charge in [-0.15, -0.1) is 11.3 Å². The van der Waals surface area contributed by atoms with Gasteiger partial charge in [-0.3, -0.25) is 0 Å². The lowest BCUT2D eigenvalue weighted by molar-refractivity contribution is 1.50. The van der Waals surface area contributed by atoms with Crippen LogP contribution in [0.1, 0.15) is 5.56 Å². The number of nitrogen functional groups attached to an aromatic ring is 1. The van der Waals surface area contributed by atoms with Crippen LogP contribution in [0, 0.1) is 11.3 Å². The summed E-state index contributed by atoms with van der Waals surface area (Å²) in [7, 11) is 0. The van der Waals surface area contributed by atoms with E-state index >= 15 is 0 Å². The number of nitrogens with two attached hydrogens (primary N) is 1. The number of hydrogen-bond donors (Lipinski definition) is 1. The first-order valence-corrected chi connectivity index (χ1v) is 5.99. The number of rotatable bonds is 1. The standard InChI is InChI=1S/C11H6Cl2N2S/c12-6-1-2-7(10(13)3-6)9-5-16-11(15)8(9)4-14/h1-3,5H,15H2. The summed E-state index contributed by atoms with van der Waals surface area (Å²) in [5.41, 5.74) is 7.69. The Hall–Kier alpha value is -1.21. The van der Waals surface area contributed by atoms with Crippen molar-refractivity contribution in [2.24, 2.45) is 0 Å². The number of benzene rings is 1. The number of thiophene rings is 1. The fraction of sp³-hybridized carbons (Fsp3) is 0. The normalized spacial score (nSPS) is 10.1. The monoisotopic (exact) mass is 268 g/mol. The van der Waals surface area contributed by atoms with Gasteiger partial charge < -0.3 is 5.73 Å². The summed E-state index contributed by atoms with van der Waals surface area (Å²) in [5, 5.41) is 12.4. The third kappa shape index (κ3) is 1.88. The molecule has 0 saturated carbocycles. The van der Waals surface area contributed by atoms with Gasteiger partial charge in [-0.25, -0.2) is 0 Å². The minimum absolute atomic E-state index is 0.467. The number of anilines is 1. The van der Waals surface area contributed by atoms with E-state index < -0.39 is 0 Å². The van der Waals surface area contributed by atoms with Crippen molar-refractivity contribution in [3.05, 3.63) is 39.2 Å². The van der Waals surface area contributed by atoms with Crippen LogP contribution < -0.4 is 5.73 Å². The highest BCUT2D eigenvalue weighted by Gasteiger charge is 2.13. The third-order valence-electron chi connectivity index (χ3n) is 2.15. The van der Waals surface area contributed by atoms with Crippen molar-refractivity contribution in [3.8, 4) is 17.2 Å². The molecule has 0 saturated heterocycles. The molecule has 0 bridgehead atoms. The molecular weight excluding hydrogens is 263 g/mol. The SMILES string of the molecule is N#Cc1c(-c2ccc(Cl)cc2Cl)csc1N. The van der Waals surface area contributed by atoms with Gasteiger partial charge >= 0.3 is 0 Å². The van der Waals surface area contributed by atoms with Crippen molar-refractivity contribution < 1.29 is 0 Å². The largest absolute Gasteiger partial charge is 0.389 e. The van der Waals surface area contributed by atoms with Crippen LogP contribution in [0.25, 0.3) is 11.1 Å². The highest BCUT2D eigenvalue weighted by Crippen LogP contribution is 2.37. The minimum atomic E-state index is 0.467. The molecule has 1 aromatic carbocycles. The van der Waals surface area contributed by atoms with E-state index in [-0.39, 0.29) is 0 Å². The van der Waals surface area contributed by atoms with E-state index in [1.807, 2.05) is 5.38 Å². The molecule has 2 rings (SSSR count). The molecule has 0 amide bonds. The van der Waals surface area contributed by atoms with Crippen LogP contribution >= 0.6 is 34.5 Å². The summed E-state index contributed by atoms with van der Waals surface area (Å²) < 4.78 is 0. The van der Waals surface area contributed by atoms with Crippen molar-refractivity contribution >= 4 is 39.5 Å². The fourth-order valence-corrected chi connectivity index (χ4v) is 2.67. The summed E-state index contributed by atoms with van der Waals surface area (Å²) in [6.45, 7) is 0. The number of hydrogen-bond acceptors (Lipinski definition) is 3. The second-order valence-electron chi connectivity index (χ2n) is 3.12. The summed E-state index contributed by atoms with van der Waals surface area (Å²) in [6.07, 6.45) is 0. The Morgan fingerprint density at radius 2 is 2.00 bits per heavy atom. The van der Waals surface area contributed by atoms with Crippen LogP contribution in [0.4, 0.5) is 5.00 Å². The molecule has 80 valence electrons. The number of nitrogens with zero attached hydrogens (tertiary/aromatic N) is 1. The predicted molar refractivity (Wildman–Crippen MR) is 68.9 cm³/mol. The van der Waals surface area contributed by atoms with E-state index in [1.165, 1.54) is 11.3 Å². The van der Waals surface area contributed by atoms with Crippen LogP contribution in [-0.2, 0) is 0 Å². The molecule has 5 heteroatoms. The Labute approximate surface area is 107 Å². The second-order valence-corrected chi connectivity index (χ2v) is 4.88. The van der Waals surface area contributed by atoms with E-state index in [0.29, 0.717) is 20.6 Å². The Balaban J connectivity index is 2.64. The van der Waals surface area contributed by atoms with E-state index in [0.717, 1.165) is 11.1 Å². The Bertz CT molecular complexity index is 584. The molecule has 1 aromatic heterocycles. The summed E-state index contributed by atoms with van der Waals surface area (Å²) in [6, 6.07) is 7.24. The van der Waals surface area contributed by atoms with Crippen molar-refractivity contribution in [2.45, 2.75) is 0 Å². The van der Waals surface area contributed by atoms with Crippen molar-refractivity contribution in [1.82, 2.24) is 0 Å². The zero-order chi connectivity index (χ0) is 11.7. The van der Waals surface area contributed by atoms with Crippen LogP contribution in [0.3, 0.4) is 0 Å². The molecule has 0 unspecified atom stereocenters. The van der Waals surface area contributed by atoms with Gasteiger partial charge in [0.2, 0.25) is 0 Å². The van der Waals surface area contributed by atoms with Crippen LogP contribution in [-0.4, -0.2) is 0 Å². The highest BCUT2D eigenvalue weighted by atomic mass is 35.5. The molecule has 2 nitrogen and oxygen atoms in total. The summed E-state index contributed by atoms with van der Waals surface area (Å²) >= 11 is 13.2. The van der Waals surface area contributed by atoms with Gasteiger partial charge in [-0.2, -0.15) is 5.26 Å². The molecular formula is C11H6Cl2N2S. The third-order valence-corrected chi connectivity index (χ3v) is 3.51. The predicted octanol–water partition coefficient (Wildman–Crippen LogP) is 4.18. The van der Waals surface area contributed by atoms with E-state index in [1.54, 1.807) is 18.2 Å². The van der Waals surface area contributed by atoms with Crippen LogP contribution in [0.5, 0.6) is 0 Å². The van der Waals surface area contributed by atoms with Gasteiger partial charge in [-0.05, 0) is 12.1 Å². The quantitative estimate of drug-likeness (QED) is 0.844. The van der Waals surface area contributed by atoms with Gasteiger partial charge in [0.15, 0.2) is 0 Å². The van der Waals surface area contributed by atoms with E-state index in [4.69, 9.17) is 34.2 Å². The minimum Gasteiger partial charge on any atom is -0.389 e. The average Bonchev–Trinajstić information content (AvgIpc) is 2.59. The lowest BCUT2D eigenvalue weighted by Gasteiger charge is -2.03. The van der Waals surface area contributed by atoms with E-state index in [2.05, 4.69) is 6.07 Å². The van der Waals surface area contributed by atoms with Gasteiger partial charge in [0.05, 0.1) is 5.56 Å². The Kier molecular flexibility index (Phi) is 3.06. The molecule has 0 fully saturated rings. The average molecular weight is 269 g/mol. The molecule has 0 aliphatic rings. The maximum atomic E-state index is 9.00. The van der Waals surface area contributed by atoms with Gasteiger partial charge in [0.1, 0.15) is 11.1 Å². The summed E-state index contributed by atoms with van der Waals surface area (Å²) in [5.74, 6) is 0. The Morgan fingerprint density at radius 1 is 1.25 bits per heavy atom. The molecule has 0 aliphatic carbocycles. The zero-order valence-electron chi connectivity index (χ0n) is 8.00. The van der Waals surface area contributed by atoms with Gasteiger partial charge in [0, 0.05) is 26.6 Å². The van der Waals surface area contributed by atoms with Crippen molar-refractivity contribution in [3.63, 3.8) is 0 Å². The lowest BCUT2D eigenvalue weighted by Crippen LogP contribution is -1.86. The molecule has 1 heterocycles. The molecule has 0 spiro atoms. The molecule has 0 radical (unpaired) electrons. The first-order chi connectivity index (χ1) is 7.63. The smallest absolute Gasteiger partial charge is 0.104 e. The maximum absolute atomic E-state index is 9.00. The van der Waals surface area contributed by atoms with Crippen molar-refractivity contribution in [1.29, 1.82) is 5.26 Å². The van der Waals surface area contributed by atoms with Crippen LogP contribution in [0.15, 0.2) is 23.6 Å². The highest BCUT2D eigenvalue weighted by molar-refractivity contribution is 7.14. The van der Waals surface area contributed by atoms with Crippen LogP contribution in [0.2, 0.25) is 10.0 Å². The topological polar surface area (TPSA) is 49.8 Å². The molecule has 2 N–H and O–H groups in total.